The van der Waals surface area contributed by atoms with Gasteiger partial charge in [-0.15, -0.1) is 0 Å². The Morgan fingerprint density at radius 2 is 1.92 bits per heavy atom. The maximum atomic E-state index is 12.0. The van der Waals surface area contributed by atoms with Gasteiger partial charge in [0.2, 0.25) is 5.91 Å². The number of hydrogen-bond donors (Lipinski definition) is 1. The fraction of sp³-hybridized carbons (Fsp3) is 0.167. The van der Waals surface area contributed by atoms with Crippen LogP contribution < -0.4 is 5.32 Å². The van der Waals surface area contributed by atoms with E-state index in [2.05, 4.69) is 15.5 Å². The summed E-state index contributed by atoms with van der Waals surface area (Å²) in [6.07, 6.45) is 10.3. The predicted molar refractivity (Wildman–Crippen MR) is 93.3 cm³/mol. The quantitative estimate of drug-likeness (QED) is 0.710. The number of anilines is 1. The summed E-state index contributed by atoms with van der Waals surface area (Å²) in [7, 11) is 0. The Hall–Kier alpha value is -3.15. The molecule has 3 rings (SSSR count). The molecule has 0 bridgehead atoms. The standard InChI is InChI=1S/C18H19N5O/c1-2-22-13-16(10-19-22)8-9-18(24)21-17-11-20-23(14-17)12-15-6-4-3-5-7-15/h3-11,13-14H,2,12H2,1H3,(H,21,24). The number of rotatable bonds is 6. The molecule has 0 fully saturated rings. The van der Waals surface area contributed by atoms with Crippen LogP contribution in [0.1, 0.15) is 18.1 Å². The van der Waals surface area contributed by atoms with Gasteiger partial charge >= 0.3 is 0 Å². The first-order valence-corrected chi connectivity index (χ1v) is 7.81. The van der Waals surface area contributed by atoms with E-state index < -0.39 is 0 Å². The molecule has 0 saturated carbocycles. The molecule has 1 aromatic carbocycles. The van der Waals surface area contributed by atoms with Crippen LogP contribution in [0.4, 0.5) is 5.69 Å². The van der Waals surface area contributed by atoms with Gasteiger partial charge in [0.15, 0.2) is 0 Å². The van der Waals surface area contributed by atoms with E-state index in [0.717, 1.165) is 17.7 Å². The molecular formula is C18H19N5O. The van der Waals surface area contributed by atoms with Gasteiger partial charge in [-0.3, -0.25) is 14.2 Å². The van der Waals surface area contributed by atoms with E-state index in [4.69, 9.17) is 0 Å². The van der Waals surface area contributed by atoms with Gasteiger partial charge in [-0.25, -0.2) is 0 Å². The number of nitrogens with zero attached hydrogens (tertiary/aromatic N) is 4. The zero-order valence-electron chi connectivity index (χ0n) is 13.5. The third-order valence-electron chi connectivity index (χ3n) is 3.49. The molecule has 1 amide bonds. The Balaban J connectivity index is 1.57. The maximum Gasteiger partial charge on any atom is 0.248 e. The first-order valence-electron chi connectivity index (χ1n) is 7.81. The van der Waals surface area contributed by atoms with Crippen LogP contribution >= 0.6 is 0 Å². The zero-order chi connectivity index (χ0) is 16.8. The van der Waals surface area contributed by atoms with Crippen LogP contribution in [-0.4, -0.2) is 25.5 Å². The third kappa shape index (κ3) is 4.19. The largest absolute Gasteiger partial charge is 0.320 e. The number of carbonyl (C=O) groups is 1. The lowest BCUT2D eigenvalue weighted by molar-refractivity contribution is -0.111. The fourth-order valence-electron chi connectivity index (χ4n) is 2.28. The molecule has 6 nitrogen and oxygen atoms in total. The molecule has 0 aliphatic heterocycles. The van der Waals surface area contributed by atoms with Crippen molar-refractivity contribution in [3.05, 3.63) is 72.3 Å². The molecule has 0 saturated heterocycles. The van der Waals surface area contributed by atoms with E-state index in [9.17, 15) is 4.79 Å². The molecule has 2 heterocycles. The van der Waals surface area contributed by atoms with Crippen molar-refractivity contribution in [2.45, 2.75) is 20.0 Å². The lowest BCUT2D eigenvalue weighted by Gasteiger charge is -2.01. The molecule has 3 aromatic rings. The van der Waals surface area contributed by atoms with E-state index in [0.29, 0.717) is 12.2 Å². The van der Waals surface area contributed by atoms with Gasteiger partial charge in [0.25, 0.3) is 0 Å². The van der Waals surface area contributed by atoms with Gasteiger partial charge in [0.1, 0.15) is 0 Å². The van der Waals surface area contributed by atoms with Crippen molar-refractivity contribution in [1.82, 2.24) is 19.6 Å². The van der Waals surface area contributed by atoms with Crippen LogP contribution in [0, 0.1) is 0 Å². The molecule has 0 unspecified atom stereocenters. The van der Waals surface area contributed by atoms with Crippen molar-refractivity contribution in [3.8, 4) is 0 Å². The number of benzene rings is 1. The maximum absolute atomic E-state index is 12.0. The van der Waals surface area contributed by atoms with Gasteiger partial charge < -0.3 is 5.32 Å². The van der Waals surface area contributed by atoms with E-state index in [-0.39, 0.29) is 5.91 Å². The lowest BCUT2D eigenvalue weighted by atomic mass is 10.2. The van der Waals surface area contributed by atoms with Crippen LogP contribution in [0.3, 0.4) is 0 Å². The highest BCUT2D eigenvalue weighted by Crippen LogP contribution is 2.08. The normalized spacial score (nSPS) is 11.0. The Bertz CT molecular complexity index is 832. The summed E-state index contributed by atoms with van der Waals surface area (Å²) in [4.78, 5) is 12.0. The molecule has 0 atom stereocenters. The molecule has 0 aliphatic rings. The summed E-state index contributed by atoms with van der Waals surface area (Å²) in [5.74, 6) is -0.196. The second kappa shape index (κ2) is 7.41. The number of aryl methyl sites for hydroxylation is 1. The second-order valence-corrected chi connectivity index (χ2v) is 5.36. The fourth-order valence-corrected chi connectivity index (χ4v) is 2.28. The van der Waals surface area contributed by atoms with Gasteiger partial charge in [0, 0.05) is 30.6 Å². The summed E-state index contributed by atoms with van der Waals surface area (Å²) in [6.45, 7) is 3.49. The van der Waals surface area contributed by atoms with Crippen molar-refractivity contribution in [1.29, 1.82) is 0 Å². The highest BCUT2D eigenvalue weighted by molar-refractivity contribution is 6.01. The number of aromatic nitrogens is 4. The van der Waals surface area contributed by atoms with Gasteiger partial charge in [-0.05, 0) is 18.6 Å². The molecule has 24 heavy (non-hydrogen) atoms. The average molecular weight is 321 g/mol. The van der Waals surface area contributed by atoms with Crippen LogP contribution in [-0.2, 0) is 17.9 Å². The lowest BCUT2D eigenvalue weighted by Crippen LogP contribution is -2.07. The minimum absolute atomic E-state index is 0.196. The van der Waals surface area contributed by atoms with Crippen molar-refractivity contribution >= 4 is 17.7 Å². The van der Waals surface area contributed by atoms with Gasteiger partial charge in [0.05, 0.1) is 24.6 Å². The monoisotopic (exact) mass is 321 g/mol. The highest BCUT2D eigenvalue weighted by atomic mass is 16.1. The Kier molecular flexibility index (Phi) is 4.86. The van der Waals surface area contributed by atoms with Crippen molar-refractivity contribution in [3.63, 3.8) is 0 Å². The Morgan fingerprint density at radius 3 is 2.67 bits per heavy atom. The summed E-state index contributed by atoms with van der Waals surface area (Å²) in [6, 6.07) is 10.0. The van der Waals surface area contributed by atoms with E-state index in [1.807, 2.05) is 54.3 Å². The molecule has 122 valence electrons. The molecule has 0 aliphatic carbocycles. The van der Waals surface area contributed by atoms with Gasteiger partial charge in [-0.2, -0.15) is 10.2 Å². The first-order chi connectivity index (χ1) is 11.7. The molecule has 1 N–H and O–H groups in total. The average Bonchev–Trinajstić information content (AvgIpc) is 3.23. The van der Waals surface area contributed by atoms with E-state index >= 15 is 0 Å². The smallest absolute Gasteiger partial charge is 0.248 e. The van der Waals surface area contributed by atoms with Gasteiger partial charge in [-0.1, -0.05) is 30.3 Å². The van der Waals surface area contributed by atoms with Crippen LogP contribution in [0.15, 0.2) is 61.2 Å². The second-order valence-electron chi connectivity index (χ2n) is 5.36. The summed E-state index contributed by atoms with van der Waals surface area (Å²) in [5, 5.41) is 11.2. The van der Waals surface area contributed by atoms with Crippen LogP contribution in [0.25, 0.3) is 6.08 Å². The predicted octanol–water partition coefficient (Wildman–Crippen LogP) is 2.80. The van der Waals surface area contributed by atoms with Crippen LogP contribution in [0.5, 0.6) is 0 Å². The summed E-state index contributed by atoms with van der Waals surface area (Å²) < 4.78 is 3.60. The topological polar surface area (TPSA) is 64.7 Å². The minimum Gasteiger partial charge on any atom is -0.320 e. The SMILES string of the molecule is CCn1cc(C=CC(=O)Nc2cnn(Cc3ccccc3)c2)cn1. The minimum atomic E-state index is -0.196. The highest BCUT2D eigenvalue weighted by Gasteiger charge is 2.03. The van der Waals surface area contributed by atoms with Crippen molar-refractivity contribution in [2.75, 3.05) is 5.32 Å². The van der Waals surface area contributed by atoms with Crippen molar-refractivity contribution < 1.29 is 4.79 Å². The number of carbonyl (C=O) groups excluding carboxylic acids is 1. The molecule has 0 radical (unpaired) electrons. The number of hydrogen-bond acceptors (Lipinski definition) is 3. The zero-order valence-corrected chi connectivity index (χ0v) is 13.5. The first kappa shape index (κ1) is 15.7. The summed E-state index contributed by atoms with van der Waals surface area (Å²) in [5.41, 5.74) is 2.72. The number of nitrogens with one attached hydrogen (secondary N) is 1. The Labute approximate surface area is 140 Å². The number of amides is 1. The van der Waals surface area contributed by atoms with E-state index in [1.54, 1.807) is 23.2 Å². The van der Waals surface area contributed by atoms with Crippen molar-refractivity contribution in [2.24, 2.45) is 0 Å². The molecule has 6 heteroatoms. The molecule has 0 spiro atoms. The molecular weight excluding hydrogens is 302 g/mol. The van der Waals surface area contributed by atoms with Crippen LogP contribution in [0.2, 0.25) is 0 Å². The Morgan fingerprint density at radius 1 is 1.12 bits per heavy atom. The third-order valence-corrected chi connectivity index (χ3v) is 3.49. The van der Waals surface area contributed by atoms with E-state index in [1.165, 1.54) is 6.08 Å². The molecule has 2 aromatic heterocycles. The summed E-state index contributed by atoms with van der Waals surface area (Å²) >= 11 is 0.